The number of anilines is 1. The Labute approximate surface area is 197 Å². The lowest BCUT2D eigenvalue weighted by Crippen LogP contribution is -2.53. The largest absolute Gasteiger partial charge is 0.370 e. The summed E-state index contributed by atoms with van der Waals surface area (Å²) < 4.78 is 0. The zero-order valence-corrected chi connectivity index (χ0v) is 19.3. The summed E-state index contributed by atoms with van der Waals surface area (Å²) in [5.41, 5.74) is 8.38. The number of carbonyl (C=O) groups excluding carboxylic acids is 4. The van der Waals surface area contributed by atoms with Crippen molar-refractivity contribution >= 4 is 29.3 Å². The zero-order valence-electron chi connectivity index (χ0n) is 19.3. The summed E-state index contributed by atoms with van der Waals surface area (Å²) in [6.07, 6.45) is 0.867. The maximum Gasteiger partial charge on any atom is 0.250 e. The van der Waals surface area contributed by atoms with Gasteiger partial charge in [-0.15, -0.1) is 0 Å². The van der Waals surface area contributed by atoms with Crippen molar-refractivity contribution in [1.29, 1.82) is 0 Å². The lowest BCUT2D eigenvalue weighted by Gasteiger charge is -2.29. The summed E-state index contributed by atoms with van der Waals surface area (Å²) in [6, 6.07) is 12.9. The zero-order chi connectivity index (χ0) is 24.2. The van der Waals surface area contributed by atoms with Gasteiger partial charge >= 0.3 is 0 Å². The third-order valence-electron chi connectivity index (χ3n) is 7.68. The summed E-state index contributed by atoms with van der Waals surface area (Å²) in [5, 5.41) is 6.31. The number of hydrogen-bond donors (Lipinski definition) is 3. The van der Waals surface area contributed by atoms with E-state index in [0.717, 1.165) is 16.7 Å². The number of imide groups is 1. The fourth-order valence-electron chi connectivity index (χ4n) is 5.83. The minimum absolute atomic E-state index is 0.0594. The van der Waals surface area contributed by atoms with Crippen LogP contribution >= 0.6 is 0 Å². The number of nitrogens with one attached hydrogen (secondary N) is 2. The number of hydrogen-bond acceptors (Lipinski definition) is 5. The first-order chi connectivity index (χ1) is 16.3. The maximum absolute atomic E-state index is 13.8. The average molecular weight is 461 g/mol. The van der Waals surface area contributed by atoms with E-state index in [9.17, 15) is 19.2 Å². The highest BCUT2D eigenvalue weighted by Crippen LogP contribution is 2.54. The molecule has 0 unspecified atom stereocenters. The van der Waals surface area contributed by atoms with Crippen molar-refractivity contribution < 1.29 is 19.2 Å². The fourth-order valence-corrected chi connectivity index (χ4v) is 5.83. The summed E-state index contributed by atoms with van der Waals surface area (Å²) >= 11 is 0. The van der Waals surface area contributed by atoms with Gasteiger partial charge in [0.2, 0.25) is 23.6 Å². The van der Waals surface area contributed by atoms with Gasteiger partial charge < -0.3 is 11.1 Å². The molecular weight excluding hydrogens is 432 g/mol. The molecule has 2 aromatic rings. The summed E-state index contributed by atoms with van der Waals surface area (Å²) in [6.45, 7) is 4.13. The minimum atomic E-state index is -1.35. The van der Waals surface area contributed by atoms with Crippen LogP contribution in [0, 0.1) is 25.7 Å². The highest BCUT2D eigenvalue weighted by Gasteiger charge is 2.70. The van der Waals surface area contributed by atoms with Crippen LogP contribution in [0.15, 0.2) is 42.5 Å². The number of nitrogens with zero attached hydrogens (tertiary/aromatic N) is 1. The molecule has 0 bridgehead atoms. The predicted octanol–water partition coefficient (Wildman–Crippen LogP) is 1.53. The third-order valence-corrected chi connectivity index (χ3v) is 7.68. The smallest absolute Gasteiger partial charge is 0.250 e. The molecule has 34 heavy (non-hydrogen) atoms. The summed E-state index contributed by atoms with van der Waals surface area (Å²) in [4.78, 5) is 53.7. The number of rotatable bonds is 6. The van der Waals surface area contributed by atoms with E-state index in [4.69, 9.17) is 5.73 Å². The van der Waals surface area contributed by atoms with Crippen LogP contribution in [0.1, 0.15) is 35.1 Å². The molecule has 8 nitrogen and oxygen atoms in total. The maximum atomic E-state index is 13.8. The fraction of sp³-hybridized carbons (Fsp3) is 0.385. The monoisotopic (exact) mass is 460 g/mol. The molecule has 0 saturated carbocycles. The standard InChI is InChI=1S/C26H28N4O4/c1-14-8-9-17-22(15(14)2)28-25(34)26(17)21-20(18(29-26)10-11-19(27)31)23(32)30(24(21)33)13-12-16-6-4-3-5-7-16/h3-9,18,20-21,29H,10-13H2,1-2H3,(H2,27,31)(H,28,34)/t18-,20+,21+,26-/m0/s1. The third kappa shape index (κ3) is 3.16. The van der Waals surface area contributed by atoms with E-state index in [1.807, 2.05) is 56.3 Å². The number of aryl methyl sites for hydroxylation is 1. The number of benzene rings is 2. The molecule has 3 aliphatic rings. The van der Waals surface area contributed by atoms with Crippen LogP contribution < -0.4 is 16.4 Å². The first-order valence-corrected chi connectivity index (χ1v) is 11.6. The van der Waals surface area contributed by atoms with Gasteiger partial charge in [-0.25, -0.2) is 0 Å². The Morgan fingerprint density at radius 3 is 2.50 bits per heavy atom. The summed E-state index contributed by atoms with van der Waals surface area (Å²) in [5.74, 6) is -3.08. The molecule has 4 amide bonds. The quantitative estimate of drug-likeness (QED) is 0.565. The highest BCUT2D eigenvalue weighted by atomic mass is 16.2. The van der Waals surface area contributed by atoms with Crippen LogP contribution in [0.3, 0.4) is 0 Å². The molecule has 3 aliphatic heterocycles. The number of nitrogens with two attached hydrogens (primary N) is 1. The Morgan fingerprint density at radius 1 is 1.06 bits per heavy atom. The molecular formula is C26H28N4O4. The normalized spacial score (nSPS) is 27.3. The van der Waals surface area contributed by atoms with Gasteiger partial charge in [-0.1, -0.05) is 42.5 Å². The lowest BCUT2D eigenvalue weighted by molar-refractivity contribution is -0.142. The number of likely N-dealkylation sites (tertiary alicyclic amines) is 1. The molecule has 4 N–H and O–H groups in total. The van der Waals surface area contributed by atoms with Gasteiger partial charge in [0.1, 0.15) is 5.54 Å². The molecule has 0 aliphatic carbocycles. The molecule has 2 fully saturated rings. The van der Waals surface area contributed by atoms with E-state index in [-0.39, 0.29) is 37.1 Å². The van der Waals surface area contributed by atoms with Crippen LogP contribution in [0.5, 0.6) is 0 Å². The van der Waals surface area contributed by atoms with Gasteiger partial charge in [0.15, 0.2) is 0 Å². The van der Waals surface area contributed by atoms with Gasteiger partial charge in [0, 0.05) is 30.3 Å². The van der Waals surface area contributed by atoms with Crippen LogP contribution in [0.25, 0.3) is 0 Å². The summed E-state index contributed by atoms with van der Waals surface area (Å²) in [7, 11) is 0. The molecule has 176 valence electrons. The molecule has 4 atom stereocenters. The highest BCUT2D eigenvalue weighted by molar-refractivity contribution is 6.15. The Morgan fingerprint density at radius 2 is 1.79 bits per heavy atom. The molecule has 2 aromatic carbocycles. The topological polar surface area (TPSA) is 122 Å². The van der Waals surface area contributed by atoms with Crippen molar-refractivity contribution in [3.8, 4) is 0 Å². The second-order valence-corrected chi connectivity index (χ2v) is 9.52. The van der Waals surface area contributed by atoms with Crippen LogP contribution in [0.4, 0.5) is 5.69 Å². The number of primary amides is 1. The molecule has 3 heterocycles. The van der Waals surface area contributed by atoms with E-state index in [1.165, 1.54) is 4.90 Å². The van der Waals surface area contributed by atoms with Gasteiger partial charge in [0.25, 0.3) is 0 Å². The number of amides is 4. The molecule has 1 spiro atoms. The molecule has 5 rings (SSSR count). The average Bonchev–Trinajstić information content (AvgIpc) is 3.39. The molecule has 8 heteroatoms. The van der Waals surface area contributed by atoms with Crippen molar-refractivity contribution in [2.75, 3.05) is 11.9 Å². The Bertz CT molecular complexity index is 1210. The van der Waals surface area contributed by atoms with Crippen molar-refractivity contribution in [2.24, 2.45) is 17.6 Å². The molecule has 2 saturated heterocycles. The minimum Gasteiger partial charge on any atom is -0.370 e. The van der Waals surface area contributed by atoms with Crippen LogP contribution in [0.2, 0.25) is 0 Å². The van der Waals surface area contributed by atoms with Gasteiger partial charge in [-0.05, 0) is 43.4 Å². The Balaban J connectivity index is 1.55. The SMILES string of the molecule is Cc1ccc2c(c1C)NC(=O)[C@]21N[C@@H](CCC(N)=O)[C@H]2C(=O)N(CCc3ccccc3)C(=O)[C@@H]21. The van der Waals surface area contributed by atoms with Crippen LogP contribution in [-0.4, -0.2) is 41.1 Å². The lowest BCUT2D eigenvalue weighted by atomic mass is 9.76. The van der Waals surface area contributed by atoms with E-state index < -0.39 is 29.3 Å². The predicted molar refractivity (Wildman–Crippen MR) is 125 cm³/mol. The van der Waals surface area contributed by atoms with Crippen molar-refractivity contribution in [1.82, 2.24) is 10.2 Å². The Hall–Kier alpha value is -3.52. The molecule has 0 aromatic heterocycles. The first kappa shape index (κ1) is 22.3. The van der Waals surface area contributed by atoms with Crippen molar-refractivity contribution in [3.63, 3.8) is 0 Å². The van der Waals surface area contributed by atoms with E-state index >= 15 is 0 Å². The second kappa shape index (κ2) is 8.06. The first-order valence-electron chi connectivity index (χ1n) is 11.6. The molecule has 0 radical (unpaired) electrons. The van der Waals surface area contributed by atoms with Crippen molar-refractivity contribution in [2.45, 2.75) is 44.7 Å². The van der Waals surface area contributed by atoms with E-state index in [2.05, 4.69) is 10.6 Å². The van der Waals surface area contributed by atoms with Crippen LogP contribution in [-0.2, 0) is 31.1 Å². The second-order valence-electron chi connectivity index (χ2n) is 9.52. The van der Waals surface area contributed by atoms with Gasteiger partial charge in [-0.2, -0.15) is 0 Å². The Kier molecular flexibility index (Phi) is 5.28. The number of fused-ring (bicyclic) bond motifs is 4. The van der Waals surface area contributed by atoms with E-state index in [0.29, 0.717) is 17.7 Å². The van der Waals surface area contributed by atoms with Crippen molar-refractivity contribution in [3.05, 3.63) is 64.7 Å². The van der Waals surface area contributed by atoms with Gasteiger partial charge in [0.05, 0.1) is 11.8 Å². The number of carbonyl (C=O) groups is 4. The van der Waals surface area contributed by atoms with Gasteiger partial charge in [-0.3, -0.25) is 29.4 Å². The van der Waals surface area contributed by atoms with E-state index in [1.54, 1.807) is 0 Å².